The maximum absolute atomic E-state index is 12.1. The molecule has 16 heavy (non-hydrogen) atoms. The van der Waals surface area contributed by atoms with Gasteiger partial charge in [-0.2, -0.15) is 13.2 Å². The molecule has 0 radical (unpaired) electrons. The van der Waals surface area contributed by atoms with Gasteiger partial charge in [0.25, 0.3) is 5.91 Å². The lowest BCUT2D eigenvalue weighted by molar-refractivity contribution is -0.138. The number of benzene rings is 1. The van der Waals surface area contributed by atoms with Crippen molar-refractivity contribution in [2.24, 2.45) is 0 Å². The first kappa shape index (κ1) is 12.5. The summed E-state index contributed by atoms with van der Waals surface area (Å²) >= 11 is 0. The van der Waals surface area contributed by atoms with E-state index >= 15 is 0 Å². The van der Waals surface area contributed by atoms with Gasteiger partial charge in [0.05, 0.1) is 0 Å². The smallest absolute Gasteiger partial charge is 0.333 e. The number of carbonyl (C=O) groups excluding carboxylic acids is 1. The lowest BCUT2D eigenvalue weighted by Crippen LogP contribution is -2.35. The van der Waals surface area contributed by atoms with Crippen LogP contribution < -0.4 is 0 Å². The molecule has 1 aromatic carbocycles. The summed E-state index contributed by atoms with van der Waals surface area (Å²) in [4.78, 5) is 12.2. The average molecular weight is 231 g/mol. The van der Waals surface area contributed by atoms with Gasteiger partial charge in [-0.1, -0.05) is 17.7 Å². The number of amides is 1. The number of carbonyl (C=O) groups is 1. The molecule has 0 fully saturated rings. The van der Waals surface area contributed by atoms with Crippen molar-refractivity contribution < 1.29 is 18.0 Å². The van der Waals surface area contributed by atoms with Gasteiger partial charge in [0.15, 0.2) is 0 Å². The third-order valence-electron chi connectivity index (χ3n) is 2.06. The van der Waals surface area contributed by atoms with Crippen molar-refractivity contribution in [2.75, 3.05) is 13.6 Å². The maximum Gasteiger partial charge on any atom is 0.406 e. The maximum atomic E-state index is 12.1. The van der Waals surface area contributed by atoms with E-state index in [2.05, 4.69) is 0 Å². The molecule has 1 aromatic rings. The standard InChI is InChI=1S/C11H12F3NO/c1-8-3-5-9(6-4-8)10(16)15(2)7-11(12,13)14/h3-6H,7H2,1-2H3. The molecule has 0 aromatic heterocycles. The molecule has 1 rings (SSSR count). The van der Waals surface area contributed by atoms with Crippen LogP contribution in [0.5, 0.6) is 0 Å². The first-order valence-corrected chi connectivity index (χ1v) is 4.68. The van der Waals surface area contributed by atoms with Crippen molar-refractivity contribution in [1.29, 1.82) is 0 Å². The first-order valence-electron chi connectivity index (χ1n) is 4.68. The summed E-state index contributed by atoms with van der Waals surface area (Å²) in [6.45, 7) is 0.605. The second kappa shape index (κ2) is 4.55. The fourth-order valence-corrected chi connectivity index (χ4v) is 1.26. The minimum absolute atomic E-state index is 0.261. The predicted octanol–water partition coefficient (Wildman–Crippen LogP) is 2.63. The fraction of sp³-hybridized carbons (Fsp3) is 0.364. The van der Waals surface area contributed by atoms with Crippen LogP contribution in [0.15, 0.2) is 24.3 Å². The number of aryl methyl sites for hydroxylation is 1. The number of rotatable bonds is 2. The highest BCUT2D eigenvalue weighted by atomic mass is 19.4. The second-order valence-electron chi connectivity index (χ2n) is 3.64. The van der Waals surface area contributed by atoms with E-state index in [1.54, 1.807) is 12.1 Å². The molecule has 0 saturated carbocycles. The number of hydrogen-bond donors (Lipinski definition) is 0. The fourth-order valence-electron chi connectivity index (χ4n) is 1.26. The average Bonchev–Trinajstić information content (AvgIpc) is 2.15. The molecule has 2 nitrogen and oxygen atoms in total. The van der Waals surface area contributed by atoms with Crippen LogP contribution in [0.4, 0.5) is 13.2 Å². The van der Waals surface area contributed by atoms with Crippen LogP contribution in [0.1, 0.15) is 15.9 Å². The Morgan fingerprint density at radius 1 is 1.25 bits per heavy atom. The molecular formula is C11H12F3NO. The molecule has 0 atom stereocenters. The summed E-state index contributed by atoms with van der Waals surface area (Å²) in [6, 6.07) is 6.42. The third kappa shape index (κ3) is 3.56. The quantitative estimate of drug-likeness (QED) is 0.766. The van der Waals surface area contributed by atoms with Crippen LogP contribution in [0.2, 0.25) is 0 Å². The SMILES string of the molecule is Cc1ccc(C(=O)N(C)CC(F)(F)F)cc1. The van der Waals surface area contributed by atoms with Gasteiger partial charge in [-0.3, -0.25) is 4.79 Å². The second-order valence-corrected chi connectivity index (χ2v) is 3.64. The minimum atomic E-state index is -4.37. The molecule has 88 valence electrons. The van der Waals surface area contributed by atoms with Crippen molar-refractivity contribution >= 4 is 5.91 Å². The molecule has 0 saturated heterocycles. The Kier molecular flexibility index (Phi) is 3.57. The Morgan fingerprint density at radius 3 is 2.19 bits per heavy atom. The Balaban J connectivity index is 2.74. The van der Waals surface area contributed by atoms with Gasteiger partial charge in [0, 0.05) is 12.6 Å². The number of alkyl halides is 3. The number of nitrogens with zero attached hydrogens (tertiary/aromatic N) is 1. The molecule has 0 bridgehead atoms. The van der Waals surface area contributed by atoms with Gasteiger partial charge in [0.2, 0.25) is 0 Å². The molecule has 0 aliphatic heterocycles. The molecular weight excluding hydrogens is 219 g/mol. The summed E-state index contributed by atoms with van der Waals surface area (Å²) < 4.78 is 36.2. The van der Waals surface area contributed by atoms with E-state index in [1.165, 1.54) is 12.1 Å². The molecule has 0 aliphatic carbocycles. The van der Waals surface area contributed by atoms with Crippen LogP contribution in [-0.2, 0) is 0 Å². The normalized spacial score (nSPS) is 11.3. The van der Waals surface area contributed by atoms with Crippen LogP contribution in [-0.4, -0.2) is 30.6 Å². The van der Waals surface area contributed by atoms with Crippen LogP contribution in [0.25, 0.3) is 0 Å². The van der Waals surface area contributed by atoms with Crippen molar-refractivity contribution in [3.8, 4) is 0 Å². The number of halogens is 3. The van der Waals surface area contributed by atoms with E-state index in [0.29, 0.717) is 4.90 Å². The summed E-state index contributed by atoms with van der Waals surface area (Å²) in [6.07, 6.45) is -4.37. The predicted molar refractivity (Wildman–Crippen MR) is 54.2 cm³/mol. The summed E-state index contributed by atoms with van der Waals surface area (Å²) in [5, 5.41) is 0. The van der Waals surface area contributed by atoms with Crippen molar-refractivity contribution in [3.63, 3.8) is 0 Å². The molecule has 0 heterocycles. The lowest BCUT2D eigenvalue weighted by atomic mass is 10.1. The van der Waals surface area contributed by atoms with Gasteiger partial charge in [-0.15, -0.1) is 0 Å². The molecule has 1 amide bonds. The lowest BCUT2D eigenvalue weighted by Gasteiger charge is -2.18. The topological polar surface area (TPSA) is 20.3 Å². The van der Waals surface area contributed by atoms with Crippen molar-refractivity contribution in [1.82, 2.24) is 4.90 Å². The minimum Gasteiger partial charge on any atom is -0.333 e. The monoisotopic (exact) mass is 231 g/mol. The van der Waals surface area contributed by atoms with Crippen LogP contribution in [0, 0.1) is 6.92 Å². The zero-order valence-electron chi connectivity index (χ0n) is 9.01. The Labute approximate surface area is 91.7 Å². The van der Waals surface area contributed by atoms with Gasteiger partial charge < -0.3 is 4.90 Å². The highest BCUT2D eigenvalue weighted by Crippen LogP contribution is 2.17. The van der Waals surface area contributed by atoms with E-state index in [0.717, 1.165) is 12.6 Å². The summed E-state index contributed by atoms with van der Waals surface area (Å²) in [5.41, 5.74) is 1.22. The summed E-state index contributed by atoms with van der Waals surface area (Å²) in [7, 11) is 1.13. The van der Waals surface area contributed by atoms with Gasteiger partial charge in [-0.25, -0.2) is 0 Å². The highest BCUT2D eigenvalue weighted by Gasteiger charge is 2.31. The Hall–Kier alpha value is -1.52. The Bertz CT molecular complexity index is 370. The van der Waals surface area contributed by atoms with E-state index in [-0.39, 0.29) is 5.56 Å². The first-order chi connectivity index (χ1) is 7.29. The summed E-state index contributed by atoms with van der Waals surface area (Å²) in [5.74, 6) is -0.627. The van der Waals surface area contributed by atoms with E-state index in [1.807, 2.05) is 6.92 Å². The van der Waals surface area contributed by atoms with Crippen molar-refractivity contribution in [3.05, 3.63) is 35.4 Å². The third-order valence-corrected chi connectivity index (χ3v) is 2.06. The zero-order chi connectivity index (χ0) is 12.3. The van der Waals surface area contributed by atoms with Crippen LogP contribution >= 0.6 is 0 Å². The van der Waals surface area contributed by atoms with E-state index in [4.69, 9.17) is 0 Å². The highest BCUT2D eigenvalue weighted by molar-refractivity contribution is 5.94. The van der Waals surface area contributed by atoms with Gasteiger partial charge >= 0.3 is 6.18 Å². The molecule has 5 heteroatoms. The molecule has 0 aliphatic rings. The van der Waals surface area contributed by atoms with Gasteiger partial charge in [0.1, 0.15) is 6.54 Å². The molecule has 0 unspecified atom stereocenters. The number of hydrogen-bond acceptors (Lipinski definition) is 1. The van der Waals surface area contributed by atoms with E-state index in [9.17, 15) is 18.0 Å². The molecule has 0 spiro atoms. The van der Waals surface area contributed by atoms with Gasteiger partial charge in [-0.05, 0) is 19.1 Å². The molecule has 0 N–H and O–H groups in total. The van der Waals surface area contributed by atoms with E-state index < -0.39 is 18.6 Å². The largest absolute Gasteiger partial charge is 0.406 e. The van der Waals surface area contributed by atoms with Crippen molar-refractivity contribution in [2.45, 2.75) is 13.1 Å². The Morgan fingerprint density at radius 2 is 1.75 bits per heavy atom. The zero-order valence-corrected chi connectivity index (χ0v) is 9.01. The van der Waals surface area contributed by atoms with Crippen LogP contribution in [0.3, 0.4) is 0 Å².